The number of phenolic OH excluding ortho intramolecular Hbond substituents is 1. The van der Waals surface area contributed by atoms with Gasteiger partial charge in [0.1, 0.15) is 5.75 Å². The third kappa shape index (κ3) is 6.46. The van der Waals surface area contributed by atoms with Crippen LogP contribution in [-0.2, 0) is 11.2 Å². The SMILES string of the molecule is COC(=O)c1ccc(O)c(NC(=NC(C)CCc2ccccc2)N2CCN(C)CC2)c1. The van der Waals surface area contributed by atoms with E-state index in [1.807, 2.05) is 6.07 Å². The van der Waals surface area contributed by atoms with Crippen molar-refractivity contribution in [2.45, 2.75) is 25.8 Å². The Morgan fingerprint density at radius 3 is 2.55 bits per heavy atom. The van der Waals surface area contributed by atoms with E-state index in [2.05, 4.69) is 53.4 Å². The average molecular weight is 425 g/mol. The van der Waals surface area contributed by atoms with Crippen molar-refractivity contribution in [2.24, 2.45) is 4.99 Å². The Bertz CT molecular complexity index is 893. The molecule has 7 nitrogen and oxygen atoms in total. The predicted molar refractivity (Wildman–Crippen MR) is 124 cm³/mol. The fraction of sp³-hybridized carbons (Fsp3) is 0.417. The van der Waals surface area contributed by atoms with Gasteiger partial charge in [-0.2, -0.15) is 0 Å². The Morgan fingerprint density at radius 2 is 1.87 bits per heavy atom. The molecule has 1 aliphatic heterocycles. The molecule has 0 radical (unpaired) electrons. The van der Waals surface area contributed by atoms with Crippen molar-refractivity contribution in [1.82, 2.24) is 9.80 Å². The maximum Gasteiger partial charge on any atom is 0.337 e. The van der Waals surface area contributed by atoms with Crippen molar-refractivity contribution < 1.29 is 14.6 Å². The lowest BCUT2D eigenvalue weighted by Gasteiger charge is -2.35. The van der Waals surface area contributed by atoms with E-state index in [4.69, 9.17) is 9.73 Å². The molecule has 2 aromatic rings. The fourth-order valence-electron chi connectivity index (χ4n) is 3.51. The van der Waals surface area contributed by atoms with Crippen LogP contribution in [0.5, 0.6) is 5.75 Å². The standard InChI is InChI=1S/C24H32N4O3/c1-18(9-10-19-7-5-4-6-8-19)25-24(28-15-13-27(2)14-16-28)26-21-17-20(23(30)31-3)11-12-22(21)29/h4-8,11-12,17-18,29H,9-10,13-16H2,1-3H3,(H,25,26). The molecule has 7 heteroatoms. The van der Waals surface area contributed by atoms with Crippen LogP contribution in [0.15, 0.2) is 53.5 Å². The van der Waals surface area contributed by atoms with Crippen LogP contribution < -0.4 is 5.32 Å². The minimum absolute atomic E-state index is 0.0615. The minimum Gasteiger partial charge on any atom is -0.506 e. The average Bonchev–Trinajstić information content (AvgIpc) is 2.79. The Hall–Kier alpha value is -3.06. The number of likely N-dealkylation sites (N-methyl/N-ethyl adjacent to an activating group) is 1. The number of aromatic hydroxyl groups is 1. The van der Waals surface area contributed by atoms with Gasteiger partial charge >= 0.3 is 5.97 Å². The van der Waals surface area contributed by atoms with Gasteiger partial charge in [-0.3, -0.25) is 0 Å². The van der Waals surface area contributed by atoms with Gasteiger partial charge < -0.3 is 25.0 Å². The van der Waals surface area contributed by atoms with E-state index >= 15 is 0 Å². The summed E-state index contributed by atoms with van der Waals surface area (Å²) in [5.74, 6) is 0.328. The predicted octanol–water partition coefficient (Wildman–Crippen LogP) is 3.22. The molecule has 1 aliphatic rings. The van der Waals surface area contributed by atoms with Crippen molar-refractivity contribution in [3.8, 4) is 5.75 Å². The summed E-state index contributed by atoms with van der Waals surface area (Å²) in [6.07, 6.45) is 1.86. The van der Waals surface area contributed by atoms with Gasteiger partial charge in [-0.05, 0) is 50.6 Å². The number of nitrogens with zero attached hydrogens (tertiary/aromatic N) is 3. The smallest absolute Gasteiger partial charge is 0.337 e. The summed E-state index contributed by atoms with van der Waals surface area (Å²) >= 11 is 0. The number of guanidine groups is 1. The van der Waals surface area contributed by atoms with Crippen LogP contribution in [0.4, 0.5) is 5.69 Å². The molecule has 1 fully saturated rings. The number of benzene rings is 2. The molecule has 31 heavy (non-hydrogen) atoms. The van der Waals surface area contributed by atoms with Gasteiger partial charge in [-0.15, -0.1) is 0 Å². The molecule has 0 saturated carbocycles. The number of esters is 1. The van der Waals surface area contributed by atoms with E-state index in [-0.39, 0.29) is 11.8 Å². The van der Waals surface area contributed by atoms with Crippen LogP contribution in [-0.4, -0.2) is 73.2 Å². The molecule has 0 aromatic heterocycles. The second kappa shape index (κ2) is 10.8. The number of anilines is 1. The lowest BCUT2D eigenvalue weighted by molar-refractivity contribution is 0.0601. The number of hydrogen-bond donors (Lipinski definition) is 2. The summed E-state index contributed by atoms with van der Waals surface area (Å²) < 4.78 is 4.81. The number of methoxy groups -OCH3 is 1. The van der Waals surface area contributed by atoms with Crippen LogP contribution in [0.2, 0.25) is 0 Å². The summed E-state index contributed by atoms with van der Waals surface area (Å²) in [6, 6.07) is 15.1. The van der Waals surface area contributed by atoms with E-state index in [1.165, 1.54) is 18.7 Å². The molecule has 1 heterocycles. The highest BCUT2D eigenvalue weighted by Crippen LogP contribution is 2.25. The Labute approximate surface area is 184 Å². The highest BCUT2D eigenvalue weighted by molar-refractivity contribution is 5.97. The second-order valence-electron chi connectivity index (χ2n) is 7.96. The first kappa shape index (κ1) is 22.6. The van der Waals surface area contributed by atoms with Crippen LogP contribution in [0.25, 0.3) is 0 Å². The highest BCUT2D eigenvalue weighted by atomic mass is 16.5. The number of carbonyl (C=O) groups excluding carboxylic acids is 1. The number of aliphatic imine (C=N–C) groups is 1. The molecule has 0 bridgehead atoms. The fourth-order valence-corrected chi connectivity index (χ4v) is 3.51. The number of phenols is 1. The number of aryl methyl sites for hydroxylation is 1. The zero-order valence-corrected chi connectivity index (χ0v) is 18.5. The van der Waals surface area contributed by atoms with Gasteiger partial charge in [0, 0.05) is 26.2 Å². The summed E-state index contributed by atoms with van der Waals surface area (Å²) in [6.45, 7) is 5.66. The van der Waals surface area contributed by atoms with Gasteiger partial charge in [0.05, 0.1) is 24.4 Å². The molecular weight excluding hydrogens is 392 g/mol. The molecule has 0 amide bonds. The van der Waals surface area contributed by atoms with E-state index in [0.717, 1.165) is 39.0 Å². The number of ether oxygens (including phenoxy) is 1. The van der Waals surface area contributed by atoms with E-state index in [0.29, 0.717) is 17.2 Å². The number of piperazine rings is 1. The maximum absolute atomic E-state index is 11.9. The number of hydrogen-bond acceptors (Lipinski definition) is 5. The van der Waals surface area contributed by atoms with Gasteiger partial charge in [-0.1, -0.05) is 30.3 Å². The molecule has 0 spiro atoms. The van der Waals surface area contributed by atoms with Gasteiger partial charge in [-0.25, -0.2) is 9.79 Å². The van der Waals surface area contributed by atoms with Crippen molar-refractivity contribution in [3.63, 3.8) is 0 Å². The molecule has 166 valence electrons. The van der Waals surface area contributed by atoms with Crippen molar-refractivity contribution in [2.75, 3.05) is 45.7 Å². The van der Waals surface area contributed by atoms with Crippen molar-refractivity contribution in [3.05, 3.63) is 59.7 Å². The maximum atomic E-state index is 11.9. The Kier molecular flexibility index (Phi) is 7.89. The van der Waals surface area contributed by atoms with Gasteiger partial charge in [0.25, 0.3) is 0 Å². The third-order valence-electron chi connectivity index (χ3n) is 5.50. The number of carbonyl (C=O) groups is 1. The molecule has 3 rings (SSSR count). The first-order valence-corrected chi connectivity index (χ1v) is 10.7. The van der Waals surface area contributed by atoms with E-state index < -0.39 is 5.97 Å². The van der Waals surface area contributed by atoms with Gasteiger partial charge in [0.15, 0.2) is 5.96 Å². The highest BCUT2D eigenvalue weighted by Gasteiger charge is 2.20. The molecule has 1 saturated heterocycles. The molecule has 2 N–H and O–H groups in total. The zero-order valence-electron chi connectivity index (χ0n) is 18.5. The van der Waals surface area contributed by atoms with Crippen molar-refractivity contribution >= 4 is 17.6 Å². The van der Waals surface area contributed by atoms with Crippen LogP contribution in [0.3, 0.4) is 0 Å². The topological polar surface area (TPSA) is 77.4 Å². The molecule has 2 aromatic carbocycles. The van der Waals surface area contributed by atoms with E-state index in [9.17, 15) is 9.90 Å². The molecule has 1 unspecified atom stereocenters. The third-order valence-corrected chi connectivity index (χ3v) is 5.50. The minimum atomic E-state index is -0.447. The monoisotopic (exact) mass is 424 g/mol. The number of nitrogens with one attached hydrogen (secondary N) is 1. The van der Waals surface area contributed by atoms with Crippen LogP contribution in [0, 0.1) is 0 Å². The summed E-state index contributed by atoms with van der Waals surface area (Å²) in [5, 5.41) is 13.6. The number of rotatable bonds is 6. The Balaban J connectivity index is 1.79. The van der Waals surface area contributed by atoms with Crippen LogP contribution >= 0.6 is 0 Å². The molecular formula is C24H32N4O3. The van der Waals surface area contributed by atoms with Gasteiger partial charge in [0.2, 0.25) is 0 Å². The van der Waals surface area contributed by atoms with Crippen LogP contribution in [0.1, 0.15) is 29.3 Å². The lowest BCUT2D eigenvalue weighted by atomic mass is 10.1. The lowest BCUT2D eigenvalue weighted by Crippen LogP contribution is -2.49. The first-order chi connectivity index (χ1) is 15.0. The molecule has 0 aliphatic carbocycles. The largest absolute Gasteiger partial charge is 0.506 e. The molecule has 1 atom stereocenters. The summed E-state index contributed by atoms with van der Waals surface area (Å²) in [4.78, 5) is 21.4. The Morgan fingerprint density at radius 1 is 1.16 bits per heavy atom. The summed E-state index contributed by atoms with van der Waals surface area (Å²) in [5.41, 5.74) is 2.11. The normalized spacial score (nSPS) is 16.1. The quantitative estimate of drug-likeness (QED) is 0.321. The second-order valence-corrected chi connectivity index (χ2v) is 7.96. The van der Waals surface area contributed by atoms with E-state index in [1.54, 1.807) is 12.1 Å². The first-order valence-electron chi connectivity index (χ1n) is 10.7. The summed E-state index contributed by atoms with van der Waals surface area (Å²) in [7, 11) is 3.45. The zero-order chi connectivity index (χ0) is 22.2. The van der Waals surface area contributed by atoms with Crippen molar-refractivity contribution in [1.29, 1.82) is 0 Å².